The Morgan fingerprint density at radius 1 is 1.00 bits per heavy atom. The molecule has 0 unspecified atom stereocenters. The largest absolute Gasteiger partial charge is 0.371 e. The monoisotopic (exact) mass is 244 g/mol. The number of anilines is 1. The van der Waals surface area contributed by atoms with Crippen molar-refractivity contribution >= 4 is 11.6 Å². The fraction of sp³-hybridized carbons (Fsp3) is 0.533. The van der Waals surface area contributed by atoms with Crippen LogP contribution < -0.4 is 4.90 Å². The number of carbonyl (C=O) groups is 1. The molecule has 0 aromatic heterocycles. The smallest absolute Gasteiger partial charge is 0.222 e. The molecule has 2 heterocycles. The number of hydrogen-bond acceptors (Lipinski definition) is 2. The Labute approximate surface area is 108 Å². The Hall–Kier alpha value is -1.51. The third kappa shape index (κ3) is 2.22. The summed E-state index contributed by atoms with van der Waals surface area (Å²) in [5.74, 6) is 0.369. The molecule has 0 aliphatic carbocycles. The first-order valence-electron chi connectivity index (χ1n) is 6.94. The van der Waals surface area contributed by atoms with Crippen LogP contribution in [0.3, 0.4) is 0 Å². The molecule has 3 nitrogen and oxygen atoms in total. The lowest BCUT2D eigenvalue weighted by Crippen LogP contribution is -2.45. The van der Waals surface area contributed by atoms with Gasteiger partial charge in [-0.25, -0.2) is 0 Å². The zero-order valence-corrected chi connectivity index (χ0v) is 10.7. The molecule has 1 amide bonds. The lowest BCUT2D eigenvalue weighted by molar-refractivity contribution is -0.130. The molecular weight excluding hydrogens is 224 g/mol. The second-order valence-corrected chi connectivity index (χ2v) is 5.24. The van der Waals surface area contributed by atoms with Crippen molar-refractivity contribution in [3.05, 3.63) is 30.3 Å². The summed E-state index contributed by atoms with van der Waals surface area (Å²) < 4.78 is 0. The average molecular weight is 244 g/mol. The second-order valence-electron chi connectivity index (χ2n) is 5.24. The van der Waals surface area contributed by atoms with E-state index in [9.17, 15) is 4.79 Å². The first kappa shape index (κ1) is 11.6. The molecule has 0 radical (unpaired) electrons. The van der Waals surface area contributed by atoms with Crippen molar-refractivity contribution in [2.75, 3.05) is 24.5 Å². The number of para-hydroxylation sites is 1. The minimum atomic E-state index is 0.369. The second kappa shape index (κ2) is 5.01. The van der Waals surface area contributed by atoms with E-state index in [4.69, 9.17) is 0 Å². The minimum absolute atomic E-state index is 0.369. The van der Waals surface area contributed by atoms with Gasteiger partial charge in [-0.3, -0.25) is 4.79 Å². The van der Waals surface area contributed by atoms with Crippen LogP contribution in [0.4, 0.5) is 5.69 Å². The number of likely N-dealkylation sites (tertiary alicyclic amines) is 1. The van der Waals surface area contributed by atoms with E-state index in [2.05, 4.69) is 40.1 Å². The van der Waals surface area contributed by atoms with Gasteiger partial charge in [0, 0.05) is 37.8 Å². The SMILES string of the molecule is O=C1CCCN1C1CCN(c2ccccc2)CC1. The van der Waals surface area contributed by atoms with Crippen molar-refractivity contribution in [2.24, 2.45) is 0 Å². The van der Waals surface area contributed by atoms with Gasteiger partial charge in [0.1, 0.15) is 0 Å². The van der Waals surface area contributed by atoms with Crippen molar-refractivity contribution in [3.8, 4) is 0 Å². The topological polar surface area (TPSA) is 23.6 Å². The van der Waals surface area contributed by atoms with Gasteiger partial charge in [-0.05, 0) is 31.4 Å². The van der Waals surface area contributed by atoms with Gasteiger partial charge in [0.05, 0.1) is 0 Å². The predicted octanol–water partition coefficient (Wildman–Crippen LogP) is 2.28. The summed E-state index contributed by atoms with van der Waals surface area (Å²) in [7, 11) is 0. The molecule has 0 atom stereocenters. The summed E-state index contributed by atoms with van der Waals surface area (Å²) in [5, 5.41) is 0. The van der Waals surface area contributed by atoms with Gasteiger partial charge >= 0.3 is 0 Å². The van der Waals surface area contributed by atoms with Crippen molar-refractivity contribution < 1.29 is 4.79 Å². The quantitative estimate of drug-likeness (QED) is 0.797. The molecule has 0 bridgehead atoms. The van der Waals surface area contributed by atoms with Crippen molar-refractivity contribution in [2.45, 2.75) is 31.7 Å². The maximum absolute atomic E-state index is 11.7. The third-order valence-electron chi connectivity index (χ3n) is 4.14. The Bertz CT molecular complexity index is 410. The van der Waals surface area contributed by atoms with E-state index in [1.807, 2.05) is 0 Å². The Balaban J connectivity index is 1.60. The van der Waals surface area contributed by atoms with E-state index in [0.717, 1.165) is 45.3 Å². The van der Waals surface area contributed by atoms with Crippen LogP contribution in [0.15, 0.2) is 30.3 Å². The van der Waals surface area contributed by atoms with Crippen molar-refractivity contribution in [1.82, 2.24) is 4.90 Å². The highest BCUT2D eigenvalue weighted by atomic mass is 16.2. The van der Waals surface area contributed by atoms with Gasteiger partial charge in [0.25, 0.3) is 0 Å². The van der Waals surface area contributed by atoms with Gasteiger partial charge in [-0.1, -0.05) is 18.2 Å². The number of amides is 1. The van der Waals surface area contributed by atoms with Crippen LogP contribution in [0.25, 0.3) is 0 Å². The van der Waals surface area contributed by atoms with Crippen LogP contribution in [0.5, 0.6) is 0 Å². The van der Waals surface area contributed by atoms with E-state index in [1.165, 1.54) is 5.69 Å². The van der Waals surface area contributed by atoms with Crippen molar-refractivity contribution in [1.29, 1.82) is 0 Å². The van der Waals surface area contributed by atoms with Crippen molar-refractivity contribution in [3.63, 3.8) is 0 Å². The molecule has 3 rings (SSSR count). The van der Waals surface area contributed by atoms with Crippen LogP contribution in [0, 0.1) is 0 Å². The lowest BCUT2D eigenvalue weighted by Gasteiger charge is -2.37. The lowest BCUT2D eigenvalue weighted by atomic mass is 10.0. The molecule has 0 N–H and O–H groups in total. The highest BCUT2D eigenvalue weighted by Gasteiger charge is 2.30. The molecule has 96 valence electrons. The first-order valence-corrected chi connectivity index (χ1v) is 6.94. The molecule has 3 heteroatoms. The van der Waals surface area contributed by atoms with E-state index >= 15 is 0 Å². The Morgan fingerprint density at radius 3 is 2.33 bits per heavy atom. The van der Waals surface area contributed by atoms with E-state index in [0.29, 0.717) is 11.9 Å². The Morgan fingerprint density at radius 2 is 1.72 bits per heavy atom. The molecule has 1 aromatic carbocycles. The average Bonchev–Trinajstić information content (AvgIpc) is 2.86. The molecule has 2 saturated heterocycles. The zero-order valence-electron chi connectivity index (χ0n) is 10.7. The maximum atomic E-state index is 11.7. The molecule has 2 aliphatic heterocycles. The predicted molar refractivity (Wildman–Crippen MR) is 72.6 cm³/mol. The highest BCUT2D eigenvalue weighted by molar-refractivity contribution is 5.78. The number of benzene rings is 1. The fourth-order valence-corrected chi connectivity index (χ4v) is 3.13. The Kier molecular flexibility index (Phi) is 3.22. The fourth-order valence-electron chi connectivity index (χ4n) is 3.13. The standard InChI is InChI=1S/C15H20N2O/c18-15-7-4-10-17(15)14-8-11-16(12-9-14)13-5-2-1-3-6-13/h1-3,5-6,14H,4,7-12H2. The van der Waals surface area contributed by atoms with Crippen LogP contribution in [0.1, 0.15) is 25.7 Å². The first-order chi connectivity index (χ1) is 8.84. The number of piperidine rings is 1. The van der Waals surface area contributed by atoms with Gasteiger partial charge < -0.3 is 9.80 Å². The van der Waals surface area contributed by atoms with Gasteiger partial charge in [0.15, 0.2) is 0 Å². The normalized spacial score (nSPS) is 21.7. The minimum Gasteiger partial charge on any atom is -0.371 e. The van der Waals surface area contributed by atoms with Crippen LogP contribution in [0.2, 0.25) is 0 Å². The van der Waals surface area contributed by atoms with Gasteiger partial charge in [-0.15, -0.1) is 0 Å². The molecule has 0 saturated carbocycles. The van der Waals surface area contributed by atoms with Gasteiger partial charge in [-0.2, -0.15) is 0 Å². The summed E-state index contributed by atoms with van der Waals surface area (Å²) in [6.07, 6.45) is 4.04. The number of rotatable bonds is 2. The summed E-state index contributed by atoms with van der Waals surface area (Å²) in [4.78, 5) is 16.3. The van der Waals surface area contributed by atoms with Crippen LogP contribution in [-0.2, 0) is 4.79 Å². The molecule has 18 heavy (non-hydrogen) atoms. The van der Waals surface area contributed by atoms with Crippen LogP contribution in [-0.4, -0.2) is 36.5 Å². The molecule has 0 spiro atoms. The van der Waals surface area contributed by atoms with E-state index in [-0.39, 0.29) is 0 Å². The number of carbonyl (C=O) groups excluding carboxylic acids is 1. The third-order valence-corrected chi connectivity index (χ3v) is 4.14. The summed E-state index contributed by atoms with van der Waals surface area (Å²) in [6, 6.07) is 11.1. The number of nitrogens with zero attached hydrogens (tertiary/aromatic N) is 2. The molecular formula is C15H20N2O. The maximum Gasteiger partial charge on any atom is 0.222 e. The van der Waals surface area contributed by atoms with Gasteiger partial charge in [0.2, 0.25) is 5.91 Å². The summed E-state index contributed by atoms with van der Waals surface area (Å²) in [5.41, 5.74) is 1.31. The zero-order chi connectivity index (χ0) is 12.4. The van der Waals surface area contributed by atoms with E-state index in [1.54, 1.807) is 0 Å². The highest BCUT2D eigenvalue weighted by Crippen LogP contribution is 2.25. The molecule has 2 aliphatic rings. The summed E-state index contributed by atoms with van der Waals surface area (Å²) in [6.45, 7) is 3.12. The number of hydrogen-bond donors (Lipinski definition) is 0. The van der Waals surface area contributed by atoms with Crippen LogP contribution >= 0.6 is 0 Å². The molecule has 2 fully saturated rings. The van der Waals surface area contributed by atoms with E-state index < -0.39 is 0 Å². The summed E-state index contributed by atoms with van der Waals surface area (Å²) >= 11 is 0. The molecule has 1 aromatic rings.